The molecule has 0 saturated carbocycles. The first-order valence-electron chi connectivity index (χ1n) is 8.01. The molecule has 0 saturated heterocycles. The SMILES string of the molecule is CCN(C(=O)c1nnn(Cc2ccccc2)c1C)c1ccccc1. The fourth-order valence-corrected chi connectivity index (χ4v) is 2.64. The molecule has 0 aliphatic heterocycles. The fraction of sp³-hybridized carbons (Fsp3) is 0.211. The van der Waals surface area contributed by atoms with Gasteiger partial charge in [0.1, 0.15) is 0 Å². The molecule has 0 fully saturated rings. The van der Waals surface area contributed by atoms with Crippen LogP contribution in [0.5, 0.6) is 0 Å². The second-order valence-electron chi connectivity index (χ2n) is 5.55. The van der Waals surface area contributed by atoms with Crippen molar-refractivity contribution >= 4 is 11.6 Å². The summed E-state index contributed by atoms with van der Waals surface area (Å²) >= 11 is 0. The Morgan fingerprint density at radius 2 is 1.67 bits per heavy atom. The predicted molar refractivity (Wildman–Crippen MR) is 94.1 cm³/mol. The van der Waals surface area contributed by atoms with Crippen molar-refractivity contribution in [3.05, 3.63) is 77.6 Å². The zero-order valence-electron chi connectivity index (χ0n) is 13.9. The molecule has 0 atom stereocenters. The first-order chi connectivity index (χ1) is 11.7. The number of rotatable bonds is 5. The van der Waals surface area contributed by atoms with Crippen LogP contribution in [-0.2, 0) is 6.54 Å². The van der Waals surface area contributed by atoms with Crippen LogP contribution in [0.2, 0.25) is 0 Å². The highest BCUT2D eigenvalue weighted by Gasteiger charge is 2.22. The summed E-state index contributed by atoms with van der Waals surface area (Å²) in [4.78, 5) is 14.6. The van der Waals surface area contributed by atoms with Gasteiger partial charge in [-0.2, -0.15) is 0 Å². The monoisotopic (exact) mass is 320 g/mol. The van der Waals surface area contributed by atoms with E-state index in [4.69, 9.17) is 0 Å². The molecule has 0 N–H and O–H groups in total. The summed E-state index contributed by atoms with van der Waals surface area (Å²) in [7, 11) is 0. The Labute approximate surface area is 141 Å². The van der Waals surface area contributed by atoms with Gasteiger partial charge in [-0.15, -0.1) is 5.10 Å². The number of carbonyl (C=O) groups excluding carboxylic acids is 1. The average molecular weight is 320 g/mol. The molecule has 1 aromatic heterocycles. The smallest absolute Gasteiger partial charge is 0.280 e. The Bertz CT molecular complexity index is 812. The lowest BCUT2D eigenvalue weighted by Crippen LogP contribution is -2.31. The highest BCUT2D eigenvalue weighted by atomic mass is 16.2. The second kappa shape index (κ2) is 7.08. The molecule has 0 unspecified atom stereocenters. The molecule has 5 heteroatoms. The van der Waals surface area contributed by atoms with E-state index in [0.717, 1.165) is 16.9 Å². The maximum atomic E-state index is 12.9. The number of para-hydroxylation sites is 1. The van der Waals surface area contributed by atoms with Gasteiger partial charge in [0.05, 0.1) is 12.2 Å². The zero-order valence-corrected chi connectivity index (χ0v) is 13.9. The van der Waals surface area contributed by atoms with Gasteiger partial charge in [-0.05, 0) is 31.5 Å². The Kier molecular flexibility index (Phi) is 4.70. The van der Waals surface area contributed by atoms with Gasteiger partial charge >= 0.3 is 0 Å². The summed E-state index contributed by atoms with van der Waals surface area (Å²) in [5.74, 6) is -0.125. The summed E-state index contributed by atoms with van der Waals surface area (Å²) in [5.41, 5.74) is 3.16. The molecule has 0 bridgehead atoms. The minimum Gasteiger partial charge on any atom is -0.307 e. The Morgan fingerprint density at radius 3 is 2.29 bits per heavy atom. The number of amides is 1. The van der Waals surface area contributed by atoms with Crippen molar-refractivity contribution in [2.24, 2.45) is 0 Å². The highest BCUT2D eigenvalue weighted by Crippen LogP contribution is 2.17. The van der Waals surface area contributed by atoms with Crippen LogP contribution in [0.15, 0.2) is 60.7 Å². The molecule has 122 valence electrons. The van der Waals surface area contributed by atoms with E-state index in [1.807, 2.05) is 74.5 Å². The topological polar surface area (TPSA) is 51.0 Å². The normalized spacial score (nSPS) is 10.6. The molecule has 0 spiro atoms. The van der Waals surface area contributed by atoms with Crippen LogP contribution in [0.25, 0.3) is 0 Å². The average Bonchev–Trinajstić information content (AvgIpc) is 2.98. The van der Waals surface area contributed by atoms with Crippen molar-refractivity contribution in [3.63, 3.8) is 0 Å². The number of carbonyl (C=O) groups is 1. The van der Waals surface area contributed by atoms with Crippen LogP contribution in [0, 0.1) is 6.92 Å². The molecule has 3 rings (SSSR count). The van der Waals surface area contributed by atoms with Gasteiger partial charge < -0.3 is 4.90 Å². The summed E-state index contributed by atoms with van der Waals surface area (Å²) in [5, 5.41) is 8.29. The van der Waals surface area contributed by atoms with Crippen LogP contribution in [-0.4, -0.2) is 27.4 Å². The Hall–Kier alpha value is -2.95. The van der Waals surface area contributed by atoms with Crippen LogP contribution >= 0.6 is 0 Å². The Balaban J connectivity index is 1.86. The van der Waals surface area contributed by atoms with E-state index in [1.165, 1.54) is 0 Å². The second-order valence-corrected chi connectivity index (χ2v) is 5.55. The maximum absolute atomic E-state index is 12.9. The first-order valence-corrected chi connectivity index (χ1v) is 8.01. The number of anilines is 1. The molecule has 2 aromatic carbocycles. The van der Waals surface area contributed by atoms with Gasteiger partial charge in [0.15, 0.2) is 5.69 Å². The lowest BCUT2D eigenvalue weighted by molar-refractivity contribution is 0.0983. The van der Waals surface area contributed by atoms with E-state index in [9.17, 15) is 4.79 Å². The molecule has 5 nitrogen and oxygen atoms in total. The van der Waals surface area contributed by atoms with E-state index in [-0.39, 0.29) is 5.91 Å². The lowest BCUT2D eigenvalue weighted by Gasteiger charge is -2.20. The molecule has 3 aromatic rings. The summed E-state index contributed by atoms with van der Waals surface area (Å²) < 4.78 is 1.77. The molecule has 1 amide bonds. The molecule has 24 heavy (non-hydrogen) atoms. The van der Waals surface area contributed by atoms with E-state index in [2.05, 4.69) is 10.3 Å². The fourth-order valence-electron chi connectivity index (χ4n) is 2.64. The summed E-state index contributed by atoms with van der Waals surface area (Å²) in [6, 6.07) is 19.6. The van der Waals surface area contributed by atoms with Gasteiger partial charge in [0.25, 0.3) is 5.91 Å². The molecular weight excluding hydrogens is 300 g/mol. The van der Waals surface area contributed by atoms with Crippen LogP contribution in [0.1, 0.15) is 28.7 Å². The quantitative estimate of drug-likeness (QED) is 0.725. The highest BCUT2D eigenvalue weighted by molar-refractivity contribution is 6.05. The van der Waals surface area contributed by atoms with E-state index in [0.29, 0.717) is 18.8 Å². The third-order valence-electron chi connectivity index (χ3n) is 3.99. The largest absolute Gasteiger partial charge is 0.307 e. The summed E-state index contributed by atoms with van der Waals surface area (Å²) in [6.45, 7) is 5.02. The van der Waals surface area contributed by atoms with Gasteiger partial charge in [0, 0.05) is 12.2 Å². The number of nitrogens with zero attached hydrogens (tertiary/aromatic N) is 4. The zero-order chi connectivity index (χ0) is 16.9. The lowest BCUT2D eigenvalue weighted by atomic mass is 10.2. The molecular formula is C19H20N4O. The molecule has 0 aliphatic rings. The summed E-state index contributed by atoms with van der Waals surface area (Å²) in [6.07, 6.45) is 0. The van der Waals surface area contributed by atoms with Crippen LogP contribution < -0.4 is 4.90 Å². The molecule has 0 aliphatic carbocycles. The molecule has 0 radical (unpaired) electrons. The predicted octanol–water partition coefficient (Wildman–Crippen LogP) is 3.30. The van der Waals surface area contributed by atoms with Crippen molar-refractivity contribution in [1.29, 1.82) is 0 Å². The van der Waals surface area contributed by atoms with Crippen molar-refractivity contribution < 1.29 is 4.79 Å². The van der Waals surface area contributed by atoms with Gasteiger partial charge in [-0.1, -0.05) is 53.7 Å². The third-order valence-corrected chi connectivity index (χ3v) is 3.99. The van der Waals surface area contributed by atoms with Crippen molar-refractivity contribution in [1.82, 2.24) is 15.0 Å². The van der Waals surface area contributed by atoms with Crippen molar-refractivity contribution in [2.75, 3.05) is 11.4 Å². The van der Waals surface area contributed by atoms with Gasteiger partial charge in [-0.25, -0.2) is 4.68 Å². The first kappa shape index (κ1) is 15.9. The van der Waals surface area contributed by atoms with E-state index in [1.54, 1.807) is 9.58 Å². The maximum Gasteiger partial charge on any atom is 0.280 e. The van der Waals surface area contributed by atoms with Crippen molar-refractivity contribution in [3.8, 4) is 0 Å². The number of hydrogen-bond donors (Lipinski definition) is 0. The molecule has 1 heterocycles. The number of hydrogen-bond acceptors (Lipinski definition) is 3. The van der Waals surface area contributed by atoms with Crippen LogP contribution in [0.4, 0.5) is 5.69 Å². The minimum absolute atomic E-state index is 0.125. The number of benzene rings is 2. The Morgan fingerprint density at radius 1 is 1.04 bits per heavy atom. The van der Waals surface area contributed by atoms with E-state index >= 15 is 0 Å². The minimum atomic E-state index is -0.125. The van der Waals surface area contributed by atoms with Gasteiger partial charge in [0.2, 0.25) is 0 Å². The third kappa shape index (κ3) is 3.20. The standard InChI is InChI=1S/C19H20N4O/c1-3-22(17-12-8-5-9-13-17)19(24)18-15(2)23(21-20-18)14-16-10-6-4-7-11-16/h4-13H,3,14H2,1-2H3. The van der Waals surface area contributed by atoms with E-state index < -0.39 is 0 Å². The van der Waals surface area contributed by atoms with Gasteiger partial charge in [-0.3, -0.25) is 4.79 Å². The van der Waals surface area contributed by atoms with Crippen LogP contribution in [0.3, 0.4) is 0 Å². The number of aromatic nitrogens is 3. The van der Waals surface area contributed by atoms with Crippen molar-refractivity contribution in [2.45, 2.75) is 20.4 Å².